The number of unbranched alkanes of at least 4 members (excludes halogenated alkanes) is 20. The fourth-order valence-corrected chi connectivity index (χ4v) is 8.11. The Balaban J connectivity index is 4.55. The van der Waals surface area contributed by atoms with E-state index in [4.69, 9.17) is 14.2 Å². The van der Waals surface area contributed by atoms with Crippen LogP contribution in [-0.2, 0) is 28.6 Å². The summed E-state index contributed by atoms with van der Waals surface area (Å²) >= 11 is 0. The van der Waals surface area contributed by atoms with Crippen LogP contribution in [0.25, 0.3) is 0 Å². The molecule has 0 aliphatic rings. The lowest BCUT2D eigenvalue weighted by molar-refractivity contribution is -0.167. The predicted molar refractivity (Wildman–Crippen MR) is 334 cm³/mol. The van der Waals surface area contributed by atoms with Crippen LogP contribution in [0.5, 0.6) is 0 Å². The molecule has 0 amide bonds. The molecule has 0 saturated carbocycles. The highest BCUT2D eigenvalue weighted by Crippen LogP contribution is 2.14. The van der Waals surface area contributed by atoms with Crippen molar-refractivity contribution in [2.45, 2.75) is 271 Å². The lowest BCUT2D eigenvalue weighted by atomic mass is 10.1. The van der Waals surface area contributed by atoms with Crippen LogP contribution in [0.3, 0.4) is 0 Å². The molecule has 0 aromatic heterocycles. The molecule has 0 heterocycles. The molecule has 0 aliphatic heterocycles. The van der Waals surface area contributed by atoms with Gasteiger partial charge in [0, 0.05) is 19.3 Å². The van der Waals surface area contributed by atoms with Crippen LogP contribution in [0.2, 0.25) is 0 Å². The van der Waals surface area contributed by atoms with Crippen LogP contribution in [0.15, 0.2) is 146 Å². The van der Waals surface area contributed by atoms with Crippen molar-refractivity contribution in [3.8, 4) is 0 Å². The summed E-state index contributed by atoms with van der Waals surface area (Å²) in [7, 11) is 0. The van der Waals surface area contributed by atoms with Crippen molar-refractivity contribution in [3.05, 3.63) is 146 Å². The first-order valence-electron chi connectivity index (χ1n) is 31.3. The Morgan fingerprint density at radius 2 is 0.506 bits per heavy atom. The quantitative estimate of drug-likeness (QED) is 0.0261. The third-order valence-electron chi connectivity index (χ3n) is 12.8. The highest BCUT2D eigenvalue weighted by atomic mass is 16.6. The first-order valence-corrected chi connectivity index (χ1v) is 31.3. The maximum absolute atomic E-state index is 12.9. The molecule has 0 spiro atoms. The number of rotatable bonds is 55. The van der Waals surface area contributed by atoms with E-state index in [0.29, 0.717) is 25.7 Å². The van der Waals surface area contributed by atoms with Gasteiger partial charge in [-0.15, -0.1) is 0 Å². The minimum absolute atomic E-state index is 0.110. The molecule has 1 unspecified atom stereocenters. The van der Waals surface area contributed by atoms with Gasteiger partial charge in [0.25, 0.3) is 0 Å². The van der Waals surface area contributed by atoms with Crippen LogP contribution < -0.4 is 0 Å². The largest absolute Gasteiger partial charge is 0.462 e. The Bertz CT molecular complexity index is 1700. The van der Waals surface area contributed by atoms with Gasteiger partial charge in [-0.25, -0.2) is 0 Å². The van der Waals surface area contributed by atoms with E-state index in [1.807, 2.05) is 0 Å². The molecule has 0 aromatic rings. The van der Waals surface area contributed by atoms with Crippen molar-refractivity contribution in [2.24, 2.45) is 0 Å². The fourth-order valence-electron chi connectivity index (χ4n) is 8.11. The average Bonchev–Trinajstić information content (AvgIpc) is 3.43. The maximum atomic E-state index is 12.9. The Labute approximate surface area is 474 Å². The van der Waals surface area contributed by atoms with E-state index in [9.17, 15) is 14.4 Å². The van der Waals surface area contributed by atoms with Gasteiger partial charge in [-0.1, -0.05) is 244 Å². The molecule has 0 fully saturated rings. The Hall–Kier alpha value is -4.71. The van der Waals surface area contributed by atoms with Gasteiger partial charge in [-0.05, 0) is 148 Å². The first kappa shape index (κ1) is 72.3. The van der Waals surface area contributed by atoms with E-state index < -0.39 is 6.10 Å². The SMILES string of the molecule is CC/C=C\C/C=C\C/C=C\C/C=C\C/C=C\C/C=C\CCCCC(=O)OCC(COC(=O)CCCCCCCC/C=C\C/C=C\C/C=C\CCCCC)OC(=O)CCCCCCCC/C=C\C/C=C\C/C=C\CCCCC. The molecule has 0 N–H and O–H groups in total. The van der Waals surface area contributed by atoms with E-state index >= 15 is 0 Å². The number of carbonyl (C=O) groups excluding carboxylic acids is 3. The Morgan fingerprint density at radius 1 is 0.273 bits per heavy atom. The summed E-state index contributed by atoms with van der Waals surface area (Å²) in [5.74, 6) is -0.980. The fraction of sp³-hybridized carbons (Fsp3) is 0.620. The van der Waals surface area contributed by atoms with Crippen LogP contribution >= 0.6 is 0 Å². The molecule has 6 nitrogen and oxygen atoms in total. The highest BCUT2D eigenvalue weighted by molar-refractivity contribution is 5.71. The minimum atomic E-state index is -0.817. The van der Waals surface area contributed by atoms with Gasteiger partial charge in [-0.3, -0.25) is 14.4 Å². The van der Waals surface area contributed by atoms with Gasteiger partial charge < -0.3 is 14.2 Å². The molecule has 0 aliphatic carbocycles. The molecule has 0 rings (SSSR count). The third kappa shape index (κ3) is 62.0. The van der Waals surface area contributed by atoms with Gasteiger partial charge in [-0.2, -0.15) is 0 Å². The zero-order valence-electron chi connectivity index (χ0n) is 49.7. The zero-order valence-corrected chi connectivity index (χ0v) is 49.7. The second kappa shape index (κ2) is 63.8. The number of carbonyl (C=O) groups is 3. The molecular weight excluding hydrogens is 949 g/mol. The molecule has 0 saturated heterocycles. The monoisotopic (exact) mass is 1060 g/mol. The smallest absolute Gasteiger partial charge is 0.306 e. The highest BCUT2D eigenvalue weighted by Gasteiger charge is 2.19. The topological polar surface area (TPSA) is 78.9 Å². The van der Waals surface area contributed by atoms with Crippen molar-refractivity contribution < 1.29 is 28.6 Å². The third-order valence-corrected chi connectivity index (χ3v) is 12.8. The van der Waals surface area contributed by atoms with E-state index in [2.05, 4.69) is 167 Å². The summed E-state index contributed by atoms with van der Waals surface area (Å²) in [5, 5.41) is 0. The summed E-state index contributed by atoms with van der Waals surface area (Å²) in [6, 6.07) is 0. The van der Waals surface area contributed by atoms with E-state index in [0.717, 1.165) is 141 Å². The number of esters is 3. The van der Waals surface area contributed by atoms with Gasteiger partial charge in [0.2, 0.25) is 0 Å². The summed E-state index contributed by atoms with van der Waals surface area (Å²) in [5.41, 5.74) is 0. The normalized spacial score (nSPS) is 13.1. The number of hydrogen-bond donors (Lipinski definition) is 0. The van der Waals surface area contributed by atoms with Crippen LogP contribution in [-0.4, -0.2) is 37.2 Å². The van der Waals surface area contributed by atoms with Crippen molar-refractivity contribution >= 4 is 17.9 Å². The van der Waals surface area contributed by atoms with Crippen molar-refractivity contribution in [3.63, 3.8) is 0 Å². The molecule has 6 heteroatoms. The van der Waals surface area contributed by atoms with Crippen LogP contribution in [0, 0.1) is 0 Å². The number of allylic oxidation sites excluding steroid dienone is 24. The Morgan fingerprint density at radius 3 is 0.818 bits per heavy atom. The van der Waals surface area contributed by atoms with Crippen molar-refractivity contribution in [1.29, 1.82) is 0 Å². The molecule has 1 atom stereocenters. The lowest BCUT2D eigenvalue weighted by Gasteiger charge is -2.18. The molecule has 434 valence electrons. The molecule has 77 heavy (non-hydrogen) atoms. The van der Waals surface area contributed by atoms with Gasteiger partial charge >= 0.3 is 17.9 Å². The van der Waals surface area contributed by atoms with Gasteiger partial charge in [0.05, 0.1) is 0 Å². The molecular formula is C71H114O6. The zero-order chi connectivity index (χ0) is 55.7. The maximum Gasteiger partial charge on any atom is 0.306 e. The number of ether oxygens (including phenoxy) is 3. The van der Waals surface area contributed by atoms with E-state index in [1.165, 1.54) is 77.0 Å². The van der Waals surface area contributed by atoms with Crippen molar-refractivity contribution in [1.82, 2.24) is 0 Å². The van der Waals surface area contributed by atoms with Crippen LogP contribution in [0.4, 0.5) is 0 Å². The molecule has 0 aromatic carbocycles. The van der Waals surface area contributed by atoms with E-state index in [1.54, 1.807) is 0 Å². The molecule has 0 bridgehead atoms. The van der Waals surface area contributed by atoms with Gasteiger partial charge in [0.15, 0.2) is 6.10 Å². The van der Waals surface area contributed by atoms with Crippen molar-refractivity contribution in [2.75, 3.05) is 13.2 Å². The van der Waals surface area contributed by atoms with Gasteiger partial charge in [0.1, 0.15) is 13.2 Å². The predicted octanol–water partition coefficient (Wildman–Crippen LogP) is 21.5. The standard InChI is InChI=1S/C71H114O6/c1-4-7-10-13-16-19-22-25-28-31-34-35-38-40-43-46-49-52-55-58-61-64-70(73)76-67-68(77-71(74)65-62-59-56-53-50-47-44-41-37-33-30-27-24-21-18-15-12-9-6-3)66-75-69(72)63-60-57-54-51-48-45-42-39-36-32-29-26-23-20-17-14-11-8-5-2/h7,10,16-21,25-30,34-37,39-41,43,49,52,68H,4-6,8-9,11-15,22-24,31-33,38,42,44-48,50-51,53-67H2,1-3H3/b10-7-,19-16-,20-17-,21-18-,28-25-,29-26-,30-27-,35-34-,39-36-,41-37-,43-40-,52-49-. The summed E-state index contributed by atoms with van der Waals surface area (Å²) in [6.45, 7) is 6.41. The number of hydrogen-bond acceptors (Lipinski definition) is 6. The average molecular weight is 1060 g/mol. The second-order valence-electron chi connectivity index (χ2n) is 20.2. The summed E-state index contributed by atoms with van der Waals surface area (Å²) in [4.78, 5) is 38.3. The lowest BCUT2D eigenvalue weighted by Crippen LogP contribution is -2.30. The van der Waals surface area contributed by atoms with E-state index in [-0.39, 0.29) is 31.1 Å². The molecule has 0 radical (unpaired) electrons. The summed E-state index contributed by atoms with van der Waals surface area (Å²) < 4.78 is 16.9. The summed E-state index contributed by atoms with van der Waals surface area (Å²) in [6.07, 6.45) is 91.2. The van der Waals surface area contributed by atoms with Crippen LogP contribution in [0.1, 0.15) is 265 Å². The second-order valence-corrected chi connectivity index (χ2v) is 20.2. The first-order chi connectivity index (χ1) is 38.0. The minimum Gasteiger partial charge on any atom is -0.462 e. The Kier molecular flexibility index (Phi) is 59.9.